The lowest BCUT2D eigenvalue weighted by molar-refractivity contribution is -0.129. The number of rotatable bonds is 3. The van der Waals surface area contributed by atoms with Crippen molar-refractivity contribution in [1.29, 1.82) is 0 Å². The third-order valence-corrected chi connectivity index (χ3v) is 4.41. The summed E-state index contributed by atoms with van der Waals surface area (Å²) in [6.07, 6.45) is 1.14. The van der Waals surface area contributed by atoms with Gasteiger partial charge in [-0.2, -0.15) is 0 Å². The minimum atomic E-state index is -3.88. The van der Waals surface area contributed by atoms with E-state index in [-0.39, 0.29) is 11.4 Å². The molecule has 17 heavy (non-hydrogen) atoms. The number of aliphatic imine (C=N–C) groups is 1. The average Bonchev–Trinajstić information content (AvgIpc) is 2.56. The maximum absolute atomic E-state index is 11.8. The summed E-state index contributed by atoms with van der Waals surface area (Å²) >= 11 is 0. The number of nitrogens with zero attached hydrogens (tertiary/aromatic N) is 2. The number of sulfone groups is 1. The van der Waals surface area contributed by atoms with E-state index in [1.54, 1.807) is 0 Å². The standard InChI is InChI=1S/C9H13N3O4S/c13-9(14)8-11-5-7(17(8,15)16)6-12-3-1-10-2-4-12/h5,10H,1-4,6H2,(H,13,14). The van der Waals surface area contributed by atoms with Crippen LogP contribution in [0.2, 0.25) is 0 Å². The van der Waals surface area contributed by atoms with Gasteiger partial charge in [0.2, 0.25) is 14.9 Å². The average molecular weight is 259 g/mol. The van der Waals surface area contributed by atoms with Gasteiger partial charge in [0.15, 0.2) is 0 Å². The number of aliphatic carboxylic acids is 1. The Morgan fingerprint density at radius 1 is 1.47 bits per heavy atom. The Hall–Kier alpha value is -1.25. The molecule has 0 atom stereocenters. The molecular formula is C9H13N3O4S. The second kappa shape index (κ2) is 4.55. The predicted octanol–water partition coefficient (Wildman–Crippen LogP) is -1.36. The van der Waals surface area contributed by atoms with Gasteiger partial charge in [0.25, 0.3) is 0 Å². The van der Waals surface area contributed by atoms with Crippen LogP contribution in [0.3, 0.4) is 0 Å². The number of hydrogen-bond donors (Lipinski definition) is 2. The molecule has 0 unspecified atom stereocenters. The van der Waals surface area contributed by atoms with Gasteiger partial charge in [-0.05, 0) is 0 Å². The maximum atomic E-state index is 11.8. The molecule has 0 radical (unpaired) electrons. The van der Waals surface area contributed by atoms with Crippen molar-refractivity contribution in [3.8, 4) is 0 Å². The zero-order valence-corrected chi connectivity index (χ0v) is 9.90. The molecule has 0 aliphatic carbocycles. The summed E-state index contributed by atoms with van der Waals surface area (Å²) in [6.45, 7) is 3.33. The molecular weight excluding hydrogens is 246 g/mol. The molecule has 0 saturated carbocycles. The minimum Gasteiger partial charge on any atom is -0.476 e. The van der Waals surface area contributed by atoms with Crippen LogP contribution in [-0.4, -0.2) is 62.2 Å². The van der Waals surface area contributed by atoms with Crippen molar-refractivity contribution < 1.29 is 18.3 Å². The minimum absolute atomic E-state index is 0.0665. The van der Waals surface area contributed by atoms with Crippen LogP contribution < -0.4 is 5.32 Å². The molecule has 0 bridgehead atoms. The number of carboxylic acid groups (broad SMARTS) is 1. The van der Waals surface area contributed by atoms with Crippen molar-refractivity contribution >= 4 is 20.9 Å². The summed E-state index contributed by atoms with van der Waals surface area (Å²) in [5.74, 6) is -1.50. The van der Waals surface area contributed by atoms with Crippen molar-refractivity contribution in [3.63, 3.8) is 0 Å². The highest BCUT2D eigenvalue weighted by Crippen LogP contribution is 2.18. The van der Waals surface area contributed by atoms with Crippen LogP contribution in [0.15, 0.2) is 16.1 Å². The molecule has 94 valence electrons. The fourth-order valence-electron chi connectivity index (χ4n) is 1.78. The van der Waals surface area contributed by atoms with E-state index < -0.39 is 20.9 Å². The van der Waals surface area contributed by atoms with Gasteiger partial charge in [0, 0.05) is 38.9 Å². The molecule has 8 heteroatoms. The highest BCUT2D eigenvalue weighted by molar-refractivity contribution is 8.11. The fraction of sp³-hybridized carbons (Fsp3) is 0.556. The molecule has 0 aromatic carbocycles. The molecule has 1 saturated heterocycles. The van der Waals surface area contributed by atoms with Gasteiger partial charge in [-0.1, -0.05) is 0 Å². The molecule has 7 nitrogen and oxygen atoms in total. The van der Waals surface area contributed by atoms with Gasteiger partial charge in [0.1, 0.15) is 0 Å². The normalized spacial score (nSPS) is 24.2. The van der Waals surface area contributed by atoms with Crippen LogP contribution in [0.4, 0.5) is 0 Å². The first-order chi connectivity index (χ1) is 8.01. The number of carbonyl (C=O) groups is 1. The van der Waals surface area contributed by atoms with Crippen LogP contribution in [0.1, 0.15) is 0 Å². The van der Waals surface area contributed by atoms with Crippen molar-refractivity contribution in [2.24, 2.45) is 4.99 Å². The largest absolute Gasteiger partial charge is 0.476 e. The van der Waals surface area contributed by atoms with Crippen LogP contribution >= 0.6 is 0 Å². The summed E-state index contributed by atoms with van der Waals surface area (Å²) in [4.78, 5) is 16.2. The molecule has 2 aliphatic heterocycles. The van der Waals surface area contributed by atoms with Crippen LogP contribution in [0.5, 0.6) is 0 Å². The topological polar surface area (TPSA) is 99.1 Å². The Morgan fingerprint density at radius 3 is 2.65 bits per heavy atom. The highest BCUT2D eigenvalue weighted by Gasteiger charge is 2.35. The van der Waals surface area contributed by atoms with E-state index in [4.69, 9.17) is 5.11 Å². The van der Waals surface area contributed by atoms with E-state index in [1.807, 2.05) is 4.90 Å². The van der Waals surface area contributed by atoms with Crippen LogP contribution in [0, 0.1) is 0 Å². The zero-order valence-electron chi connectivity index (χ0n) is 9.09. The van der Waals surface area contributed by atoms with E-state index in [1.165, 1.54) is 0 Å². The van der Waals surface area contributed by atoms with Crippen molar-refractivity contribution in [2.75, 3.05) is 32.7 Å². The summed E-state index contributed by atoms with van der Waals surface area (Å²) in [5, 5.41) is 11.1. The lowest BCUT2D eigenvalue weighted by Gasteiger charge is -2.27. The molecule has 2 aliphatic rings. The molecule has 2 rings (SSSR count). The molecule has 0 aromatic rings. The Morgan fingerprint density at radius 2 is 2.12 bits per heavy atom. The monoisotopic (exact) mass is 259 g/mol. The Bertz CT molecular complexity index is 488. The smallest absolute Gasteiger partial charge is 0.366 e. The number of piperazine rings is 1. The van der Waals surface area contributed by atoms with Crippen molar-refractivity contribution in [3.05, 3.63) is 11.1 Å². The van der Waals surface area contributed by atoms with Crippen LogP contribution in [0.25, 0.3) is 0 Å². The van der Waals surface area contributed by atoms with Crippen molar-refractivity contribution in [1.82, 2.24) is 10.2 Å². The summed E-state index contributed by atoms with van der Waals surface area (Å²) in [6, 6.07) is 0. The van der Waals surface area contributed by atoms with E-state index in [0.29, 0.717) is 0 Å². The third-order valence-electron chi connectivity index (χ3n) is 2.70. The Kier molecular flexibility index (Phi) is 3.27. The molecule has 2 N–H and O–H groups in total. The summed E-state index contributed by atoms with van der Waals surface area (Å²) in [5.41, 5.74) is 0. The quantitative estimate of drug-likeness (QED) is 0.650. The lowest BCUT2D eigenvalue weighted by Crippen LogP contribution is -2.44. The second-order valence-electron chi connectivity index (χ2n) is 3.86. The van der Waals surface area contributed by atoms with E-state index in [9.17, 15) is 13.2 Å². The zero-order chi connectivity index (χ0) is 12.5. The number of nitrogens with one attached hydrogen (secondary N) is 1. The second-order valence-corrected chi connectivity index (χ2v) is 5.78. The SMILES string of the molecule is O=C(O)C1=NC=C(CN2CCNCC2)S1(=O)=O. The molecule has 0 aromatic heterocycles. The number of carboxylic acids is 1. The molecule has 0 spiro atoms. The highest BCUT2D eigenvalue weighted by atomic mass is 32.2. The fourth-order valence-corrected chi connectivity index (χ4v) is 2.99. The van der Waals surface area contributed by atoms with Gasteiger partial charge < -0.3 is 10.4 Å². The van der Waals surface area contributed by atoms with E-state index >= 15 is 0 Å². The lowest BCUT2D eigenvalue weighted by atomic mass is 10.3. The third kappa shape index (κ3) is 2.38. The first kappa shape index (κ1) is 12.2. The van der Waals surface area contributed by atoms with Crippen molar-refractivity contribution in [2.45, 2.75) is 0 Å². The summed E-state index contributed by atoms with van der Waals surface area (Å²) < 4.78 is 23.6. The van der Waals surface area contributed by atoms with Gasteiger partial charge >= 0.3 is 5.97 Å². The van der Waals surface area contributed by atoms with E-state index in [0.717, 1.165) is 32.4 Å². The maximum Gasteiger partial charge on any atom is 0.366 e. The van der Waals surface area contributed by atoms with E-state index in [2.05, 4.69) is 10.3 Å². The van der Waals surface area contributed by atoms with Gasteiger partial charge in [0.05, 0.1) is 4.91 Å². The molecule has 1 fully saturated rings. The molecule has 2 heterocycles. The predicted molar refractivity (Wildman–Crippen MR) is 61.4 cm³/mol. The van der Waals surface area contributed by atoms with Crippen LogP contribution in [-0.2, 0) is 14.6 Å². The van der Waals surface area contributed by atoms with Gasteiger partial charge in [-0.25, -0.2) is 18.2 Å². The number of hydrogen-bond acceptors (Lipinski definition) is 6. The van der Waals surface area contributed by atoms with Gasteiger partial charge in [-0.3, -0.25) is 4.90 Å². The first-order valence-electron chi connectivity index (χ1n) is 5.20. The van der Waals surface area contributed by atoms with Gasteiger partial charge in [-0.15, -0.1) is 0 Å². The Balaban J connectivity index is 2.08. The first-order valence-corrected chi connectivity index (χ1v) is 6.68. The summed E-state index contributed by atoms with van der Waals surface area (Å²) in [7, 11) is -3.88. The Labute approximate surface area is 98.7 Å². The molecule has 0 amide bonds.